The predicted molar refractivity (Wildman–Crippen MR) is 70.3 cm³/mol. The molecule has 2 aromatic rings. The number of anilines is 1. The zero-order chi connectivity index (χ0) is 13.8. The lowest BCUT2D eigenvalue weighted by atomic mass is 10.2. The molecule has 0 aliphatic heterocycles. The molecule has 7 nitrogen and oxygen atoms in total. The Bertz CT molecular complexity index is 626. The van der Waals surface area contributed by atoms with Gasteiger partial charge in [0, 0.05) is 17.7 Å². The van der Waals surface area contributed by atoms with Crippen molar-refractivity contribution in [1.29, 1.82) is 0 Å². The second kappa shape index (κ2) is 5.53. The number of hydrogen-bond acceptors (Lipinski definition) is 6. The zero-order valence-corrected chi connectivity index (χ0v) is 10.8. The molecule has 0 aliphatic rings. The van der Waals surface area contributed by atoms with Crippen LogP contribution in [0, 0.1) is 10.1 Å². The lowest BCUT2D eigenvalue weighted by Crippen LogP contribution is -2.11. The Morgan fingerprint density at radius 2 is 2.26 bits per heavy atom. The van der Waals surface area contributed by atoms with Gasteiger partial charge in [0.2, 0.25) is 5.13 Å². The molecule has 1 aromatic carbocycles. The SMILES string of the molecule is CCc1nnc(NC(=O)c2cccc([N+](=O)[O-])c2)s1. The fraction of sp³-hybridized carbons (Fsp3) is 0.182. The number of rotatable bonds is 4. The smallest absolute Gasteiger partial charge is 0.270 e. The lowest BCUT2D eigenvalue weighted by molar-refractivity contribution is -0.384. The Morgan fingerprint density at radius 3 is 2.89 bits per heavy atom. The third-order valence-corrected chi connectivity index (χ3v) is 3.29. The fourth-order valence-corrected chi connectivity index (χ4v) is 2.05. The van der Waals surface area contributed by atoms with Crippen molar-refractivity contribution >= 4 is 28.1 Å². The van der Waals surface area contributed by atoms with E-state index in [0.717, 1.165) is 11.4 Å². The Hall–Kier alpha value is -2.35. The number of amides is 1. The Morgan fingerprint density at radius 1 is 1.47 bits per heavy atom. The number of carbonyl (C=O) groups is 1. The molecule has 1 aromatic heterocycles. The molecule has 0 aliphatic carbocycles. The third-order valence-electron chi connectivity index (χ3n) is 2.31. The Labute approximate surface area is 112 Å². The summed E-state index contributed by atoms with van der Waals surface area (Å²) >= 11 is 1.28. The minimum Gasteiger partial charge on any atom is -0.296 e. The van der Waals surface area contributed by atoms with Crippen molar-refractivity contribution in [3.05, 3.63) is 45.0 Å². The van der Waals surface area contributed by atoms with Crippen LogP contribution in [-0.2, 0) is 6.42 Å². The summed E-state index contributed by atoms with van der Waals surface area (Å²) < 4.78 is 0. The van der Waals surface area contributed by atoms with Crippen molar-refractivity contribution in [1.82, 2.24) is 10.2 Å². The molecule has 0 fully saturated rings. The highest BCUT2D eigenvalue weighted by molar-refractivity contribution is 7.15. The highest BCUT2D eigenvalue weighted by atomic mass is 32.1. The number of nitrogens with zero attached hydrogens (tertiary/aromatic N) is 3. The monoisotopic (exact) mass is 278 g/mol. The first-order chi connectivity index (χ1) is 9.10. The van der Waals surface area contributed by atoms with Gasteiger partial charge in [0.15, 0.2) is 0 Å². The highest BCUT2D eigenvalue weighted by Crippen LogP contribution is 2.18. The van der Waals surface area contributed by atoms with Crippen molar-refractivity contribution in [3.8, 4) is 0 Å². The average Bonchev–Trinajstić information content (AvgIpc) is 2.86. The largest absolute Gasteiger partial charge is 0.296 e. The zero-order valence-electron chi connectivity index (χ0n) is 9.99. The Balaban J connectivity index is 2.15. The molecule has 19 heavy (non-hydrogen) atoms. The van der Waals surface area contributed by atoms with Gasteiger partial charge in [0.25, 0.3) is 11.6 Å². The van der Waals surface area contributed by atoms with E-state index in [-0.39, 0.29) is 11.3 Å². The number of aromatic nitrogens is 2. The van der Waals surface area contributed by atoms with Gasteiger partial charge >= 0.3 is 0 Å². The van der Waals surface area contributed by atoms with Crippen molar-refractivity contribution in [2.75, 3.05) is 5.32 Å². The van der Waals surface area contributed by atoms with Crippen molar-refractivity contribution in [2.24, 2.45) is 0 Å². The van der Waals surface area contributed by atoms with E-state index < -0.39 is 10.8 Å². The number of non-ortho nitro benzene ring substituents is 1. The average molecular weight is 278 g/mol. The highest BCUT2D eigenvalue weighted by Gasteiger charge is 2.13. The summed E-state index contributed by atoms with van der Waals surface area (Å²) in [4.78, 5) is 22.0. The molecule has 2 rings (SSSR count). The number of carbonyl (C=O) groups excluding carboxylic acids is 1. The maximum absolute atomic E-state index is 11.9. The maximum atomic E-state index is 11.9. The molecule has 1 N–H and O–H groups in total. The molecule has 0 bridgehead atoms. The fourth-order valence-electron chi connectivity index (χ4n) is 1.38. The van der Waals surface area contributed by atoms with Gasteiger partial charge in [-0.3, -0.25) is 20.2 Å². The predicted octanol–water partition coefficient (Wildman–Crippen LogP) is 2.26. The summed E-state index contributed by atoms with van der Waals surface area (Å²) in [6, 6.07) is 5.52. The van der Waals surface area contributed by atoms with Crippen LogP contribution in [0.1, 0.15) is 22.3 Å². The standard InChI is InChI=1S/C11H10N4O3S/c1-2-9-13-14-11(19-9)12-10(16)7-4-3-5-8(6-7)15(17)18/h3-6H,2H2,1H3,(H,12,14,16). The molecule has 0 saturated carbocycles. The normalized spacial score (nSPS) is 10.2. The van der Waals surface area contributed by atoms with Gasteiger partial charge in [-0.1, -0.05) is 24.3 Å². The van der Waals surface area contributed by atoms with Crippen LogP contribution in [-0.4, -0.2) is 21.0 Å². The summed E-state index contributed by atoms with van der Waals surface area (Å²) in [5, 5.41) is 22.1. The summed E-state index contributed by atoms with van der Waals surface area (Å²) in [5.74, 6) is -0.442. The first-order valence-electron chi connectivity index (χ1n) is 5.48. The molecule has 1 heterocycles. The van der Waals surface area contributed by atoms with E-state index in [1.54, 1.807) is 0 Å². The third kappa shape index (κ3) is 3.10. The molecule has 98 valence electrons. The second-order valence-corrected chi connectivity index (χ2v) is 4.68. The molecule has 0 unspecified atom stereocenters. The first kappa shape index (κ1) is 13.1. The molecule has 0 atom stereocenters. The van der Waals surface area contributed by atoms with Crippen LogP contribution in [0.3, 0.4) is 0 Å². The van der Waals surface area contributed by atoms with Crippen LogP contribution in [0.2, 0.25) is 0 Å². The van der Waals surface area contributed by atoms with Gasteiger partial charge in [-0.25, -0.2) is 0 Å². The molecular weight excluding hydrogens is 268 g/mol. The van der Waals surface area contributed by atoms with Crippen LogP contribution in [0.4, 0.5) is 10.8 Å². The van der Waals surface area contributed by atoms with Crippen LogP contribution in [0.25, 0.3) is 0 Å². The van der Waals surface area contributed by atoms with Crippen molar-refractivity contribution < 1.29 is 9.72 Å². The molecular formula is C11H10N4O3S. The van der Waals surface area contributed by atoms with Crippen LogP contribution < -0.4 is 5.32 Å². The number of hydrogen-bond donors (Lipinski definition) is 1. The van der Waals surface area contributed by atoms with E-state index >= 15 is 0 Å². The molecule has 0 spiro atoms. The van der Waals surface area contributed by atoms with Gasteiger partial charge in [-0.05, 0) is 12.5 Å². The number of benzene rings is 1. The van der Waals surface area contributed by atoms with Gasteiger partial charge in [0.05, 0.1) is 4.92 Å². The lowest BCUT2D eigenvalue weighted by Gasteiger charge is -2.00. The van der Waals surface area contributed by atoms with Crippen LogP contribution >= 0.6 is 11.3 Å². The van der Waals surface area contributed by atoms with E-state index in [1.807, 2.05) is 6.92 Å². The molecule has 1 amide bonds. The minimum atomic E-state index is -0.545. The molecule has 0 radical (unpaired) electrons. The van der Waals surface area contributed by atoms with Gasteiger partial charge in [-0.2, -0.15) is 0 Å². The Kier molecular flexibility index (Phi) is 3.81. The summed E-state index contributed by atoms with van der Waals surface area (Å²) in [5.41, 5.74) is 0.0848. The van der Waals surface area contributed by atoms with Gasteiger partial charge in [0.1, 0.15) is 5.01 Å². The number of nitro groups is 1. The minimum absolute atomic E-state index is 0.126. The second-order valence-electron chi connectivity index (χ2n) is 3.62. The van der Waals surface area contributed by atoms with Crippen molar-refractivity contribution in [2.45, 2.75) is 13.3 Å². The van der Waals surface area contributed by atoms with Gasteiger partial charge in [-0.15, -0.1) is 10.2 Å². The first-order valence-corrected chi connectivity index (χ1v) is 6.30. The van der Waals surface area contributed by atoms with E-state index in [9.17, 15) is 14.9 Å². The summed E-state index contributed by atoms with van der Waals surface area (Å²) in [7, 11) is 0. The topological polar surface area (TPSA) is 98.0 Å². The quantitative estimate of drug-likeness (QED) is 0.683. The van der Waals surface area contributed by atoms with Gasteiger partial charge < -0.3 is 0 Å². The van der Waals surface area contributed by atoms with Crippen molar-refractivity contribution in [3.63, 3.8) is 0 Å². The van der Waals surface area contributed by atoms with Crippen LogP contribution in [0.15, 0.2) is 24.3 Å². The number of aryl methyl sites for hydroxylation is 1. The van der Waals surface area contributed by atoms with E-state index in [4.69, 9.17) is 0 Å². The molecule has 8 heteroatoms. The maximum Gasteiger partial charge on any atom is 0.270 e. The van der Waals surface area contributed by atoms with E-state index in [2.05, 4.69) is 15.5 Å². The van der Waals surface area contributed by atoms with E-state index in [0.29, 0.717) is 5.13 Å². The summed E-state index contributed by atoms with van der Waals surface area (Å²) in [6.07, 6.45) is 0.740. The molecule has 0 saturated heterocycles. The number of nitro benzene ring substituents is 1. The van der Waals surface area contributed by atoms with Crippen LogP contribution in [0.5, 0.6) is 0 Å². The summed E-state index contributed by atoms with van der Waals surface area (Å²) in [6.45, 7) is 1.94. The van der Waals surface area contributed by atoms with E-state index in [1.165, 1.54) is 35.6 Å². The number of nitrogens with one attached hydrogen (secondary N) is 1.